The Balaban J connectivity index is 0.00000144. The van der Waals surface area contributed by atoms with Crippen LogP contribution in [0.15, 0.2) is 0 Å². The summed E-state index contributed by atoms with van der Waals surface area (Å²) in [5.41, 5.74) is 5.39. The Morgan fingerprint density at radius 1 is 1.54 bits per heavy atom. The van der Waals surface area contributed by atoms with Gasteiger partial charge in [0.2, 0.25) is 0 Å². The third kappa shape index (κ3) is 3.56. The highest BCUT2D eigenvalue weighted by Gasteiger charge is 2.09. The lowest BCUT2D eigenvalue weighted by atomic mass is 10.4. The van der Waals surface area contributed by atoms with Gasteiger partial charge in [-0.3, -0.25) is 0 Å². The normalized spacial score (nSPS) is 12.2. The van der Waals surface area contributed by atoms with Crippen molar-refractivity contribution in [2.24, 2.45) is 5.73 Å². The lowest BCUT2D eigenvalue weighted by Crippen LogP contribution is -2.01. The van der Waals surface area contributed by atoms with Crippen LogP contribution in [-0.4, -0.2) is 23.9 Å². The predicted molar refractivity (Wildman–Crippen MR) is 55.3 cm³/mol. The van der Waals surface area contributed by atoms with Crippen molar-refractivity contribution in [3.05, 3.63) is 10.0 Å². The molecule has 76 valence electrons. The van der Waals surface area contributed by atoms with Crippen LogP contribution in [0.1, 0.15) is 23.0 Å². The third-order valence-corrected chi connectivity index (χ3v) is 2.69. The predicted octanol–water partition coefficient (Wildman–Crippen LogP) is 1.17. The molecular formula is C7H14ClN3OS. The Morgan fingerprint density at radius 3 is 2.77 bits per heavy atom. The molecule has 0 aliphatic rings. The van der Waals surface area contributed by atoms with Crippen LogP contribution < -0.4 is 5.73 Å². The smallest absolute Gasteiger partial charge is 0.146 e. The quantitative estimate of drug-likeness (QED) is 0.833. The molecule has 4 nitrogen and oxygen atoms in total. The van der Waals surface area contributed by atoms with Crippen molar-refractivity contribution in [3.8, 4) is 0 Å². The zero-order chi connectivity index (χ0) is 8.97. The summed E-state index contributed by atoms with van der Waals surface area (Å²) in [6, 6.07) is 0. The van der Waals surface area contributed by atoms with Crippen molar-refractivity contribution < 1.29 is 4.74 Å². The van der Waals surface area contributed by atoms with Crippen LogP contribution in [0.2, 0.25) is 0 Å². The SMILES string of the molecule is COC(C)c1nnc(CCN)s1.Cl. The van der Waals surface area contributed by atoms with Crippen molar-refractivity contribution >= 4 is 23.7 Å². The highest BCUT2D eigenvalue weighted by atomic mass is 35.5. The topological polar surface area (TPSA) is 61.0 Å². The summed E-state index contributed by atoms with van der Waals surface area (Å²) < 4.78 is 5.10. The standard InChI is InChI=1S/C7H13N3OS.ClH/c1-5(11-2)7-10-9-6(12-7)3-4-8;/h5H,3-4,8H2,1-2H3;1H. The lowest BCUT2D eigenvalue weighted by Gasteiger charge is -2.01. The van der Waals surface area contributed by atoms with E-state index in [1.807, 2.05) is 6.92 Å². The van der Waals surface area contributed by atoms with Crippen LogP contribution in [0, 0.1) is 0 Å². The highest BCUT2D eigenvalue weighted by Crippen LogP contribution is 2.19. The van der Waals surface area contributed by atoms with Gasteiger partial charge in [-0.15, -0.1) is 22.6 Å². The van der Waals surface area contributed by atoms with Gasteiger partial charge in [-0.2, -0.15) is 0 Å². The van der Waals surface area contributed by atoms with E-state index in [9.17, 15) is 0 Å². The Labute approximate surface area is 87.9 Å². The van der Waals surface area contributed by atoms with Crippen molar-refractivity contribution in [2.45, 2.75) is 19.4 Å². The molecule has 0 aliphatic carbocycles. The summed E-state index contributed by atoms with van der Waals surface area (Å²) >= 11 is 1.56. The number of halogens is 1. The summed E-state index contributed by atoms with van der Waals surface area (Å²) in [6.07, 6.45) is 0.836. The molecule has 0 aliphatic heterocycles. The maximum atomic E-state index is 5.39. The van der Waals surface area contributed by atoms with Crippen molar-refractivity contribution in [3.63, 3.8) is 0 Å². The maximum Gasteiger partial charge on any atom is 0.146 e. The average molecular weight is 224 g/mol. The molecule has 0 spiro atoms. The molecule has 0 saturated heterocycles. The molecule has 0 bridgehead atoms. The maximum absolute atomic E-state index is 5.39. The number of hydrogen-bond donors (Lipinski definition) is 1. The summed E-state index contributed by atoms with van der Waals surface area (Å²) in [5.74, 6) is 0. The zero-order valence-electron chi connectivity index (χ0n) is 7.69. The second kappa shape index (κ2) is 6.26. The van der Waals surface area contributed by atoms with Crippen LogP contribution in [0.25, 0.3) is 0 Å². The number of methoxy groups -OCH3 is 1. The molecule has 1 atom stereocenters. The molecular weight excluding hydrogens is 210 g/mol. The van der Waals surface area contributed by atoms with Crippen LogP contribution in [0.3, 0.4) is 0 Å². The first-order valence-corrected chi connectivity index (χ1v) is 4.64. The first-order chi connectivity index (χ1) is 5.77. The number of aromatic nitrogens is 2. The van der Waals surface area contributed by atoms with Gasteiger partial charge in [0.25, 0.3) is 0 Å². The molecule has 1 unspecified atom stereocenters. The summed E-state index contributed by atoms with van der Waals surface area (Å²) in [4.78, 5) is 0. The summed E-state index contributed by atoms with van der Waals surface area (Å²) in [5, 5.41) is 9.88. The van der Waals surface area contributed by atoms with Crippen LogP contribution >= 0.6 is 23.7 Å². The Kier molecular flexibility index (Phi) is 6.15. The minimum absolute atomic E-state index is 0. The van der Waals surface area contributed by atoms with E-state index in [0.29, 0.717) is 6.54 Å². The second-order valence-electron chi connectivity index (χ2n) is 2.45. The van der Waals surface area contributed by atoms with E-state index in [1.165, 1.54) is 0 Å². The van der Waals surface area contributed by atoms with E-state index in [0.717, 1.165) is 16.4 Å². The Bertz CT molecular complexity index is 243. The molecule has 0 aromatic carbocycles. The van der Waals surface area contributed by atoms with Gasteiger partial charge < -0.3 is 10.5 Å². The number of ether oxygens (including phenoxy) is 1. The second-order valence-corrected chi connectivity index (χ2v) is 3.54. The molecule has 13 heavy (non-hydrogen) atoms. The van der Waals surface area contributed by atoms with E-state index < -0.39 is 0 Å². The molecule has 2 N–H and O–H groups in total. The average Bonchev–Trinajstić information content (AvgIpc) is 2.52. The third-order valence-electron chi connectivity index (χ3n) is 1.54. The van der Waals surface area contributed by atoms with Gasteiger partial charge in [0.05, 0.1) is 0 Å². The fourth-order valence-electron chi connectivity index (χ4n) is 0.756. The van der Waals surface area contributed by atoms with Crippen molar-refractivity contribution in [1.82, 2.24) is 10.2 Å². The molecule has 1 aromatic rings. The molecule has 0 saturated carbocycles. The van der Waals surface area contributed by atoms with Gasteiger partial charge in [0.15, 0.2) is 0 Å². The van der Waals surface area contributed by atoms with Crippen LogP contribution in [0.4, 0.5) is 0 Å². The highest BCUT2D eigenvalue weighted by molar-refractivity contribution is 7.11. The number of nitrogens with zero attached hydrogens (tertiary/aromatic N) is 2. The van der Waals surface area contributed by atoms with E-state index in [-0.39, 0.29) is 18.5 Å². The molecule has 1 aromatic heterocycles. The summed E-state index contributed by atoms with van der Waals surface area (Å²) in [7, 11) is 1.66. The molecule has 0 amide bonds. The Hall–Kier alpha value is -0.230. The fourth-order valence-corrected chi connectivity index (χ4v) is 1.64. The van der Waals surface area contributed by atoms with Gasteiger partial charge in [0.1, 0.15) is 16.1 Å². The lowest BCUT2D eigenvalue weighted by molar-refractivity contribution is 0.118. The van der Waals surface area contributed by atoms with Gasteiger partial charge in [-0.25, -0.2) is 0 Å². The molecule has 0 fully saturated rings. The fraction of sp³-hybridized carbons (Fsp3) is 0.714. The number of rotatable bonds is 4. The molecule has 6 heteroatoms. The first kappa shape index (κ1) is 12.8. The zero-order valence-corrected chi connectivity index (χ0v) is 9.32. The molecule has 1 heterocycles. The summed E-state index contributed by atoms with van der Waals surface area (Å²) in [6.45, 7) is 2.57. The van der Waals surface area contributed by atoms with Gasteiger partial charge in [-0.05, 0) is 13.5 Å². The monoisotopic (exact) mass is 223 g/mol. The first-order valence-electron chi connectivity index (χ1n) is 3.83. The van der Waals surface area contributed by atoms with E-state index in [1.54, 1.807) is 18.4 Å². The Morgan fingerprint density at radius 2 is 2.23 bits per heavy atom. The van der Waals surface area contributed by atoms with Gasteiger partial charge in [-0.1, -0.05) is 11.3 Å². The van der Waals surface area contributed by atoms with Crippen molar-refractivity contribution in [2.75, 3.05) is 13.7 Å². The van der Waals surface area contributed by atoms with Crippen LogP contribution in [0.5, 0.6) is 0 Å². The van der Waals surface area contributed by atoms with Crippen LogP contribution in [-0.2, 0) is 11.2 Å². The van der Waals surface area contributed by atoms with Gasteiger partial charge in [0, 0.05) is 13.5 Å². The minimum Gasteiger partial charge on any atom is -0.374 e. The van der Waals surface area contributed by atoms with E-state index in [2.05, 4.69) is 10.2 Å². The number of nitrogens with two attached hydrogens (primary N) is 1. The largest absolute Gasteiger partial charge is 0.374 e. The van der Waals surface area contributed by atoms with E-state index >= 15 is 0 Å². The van der Waals surface area contributed by atoms with Crippen molar-refractivity contribution in [1.29, 1.82) is 0 Å². The molecule has 0 radical (unpaired) electrons. The van der Waals surface area contributed by atoms with Gasteiger partial charge >= 0.3 is 0 Å². The minimum atomic E-state index is 0. The molecule has 1 rings (SSSR count). The van der Waals surface area contributed by atoms with E-state index in [4.69, 9.17) is 10.5 Å². The number of hydrogen-bond acceptors (Lipinski definition) is 5.